The van der Waals surface area contributed by atoms with Crippen LogP contribution in [-0.4, -0.2) is 16.1 Å². The van der Waals surface area contributed by atoms with Crippen molar-refractivity contribution < 1.29 is 0 Å². The molecule has 102 valence electrons. The van der Waals surface area contributed by atoms with Crippen molar-refractivity contribution in [3.63, 3.8) is 0 Å². The molecule has 0 aliphatic heterocycles. The van der Waals surface area contributed by atoms with Crippen LogP contribution in [0.5, 0.6) is 0 Å². The van der Waals surface area contributed by atoms with Gasteiger partial charge in [-0.2, -0.15) is 0 Å². The highest BCUT2D eigenvalue weighted by Gasteiger charge is 1.98. The fourth-order valence-electron chi connectivity index (χ4n) is 2.18. The molecule has 0 atom stereocenters. The molecule has 19 heavy (non-hydrogen) atoms. The van der Waals surface area contributed by atoms with E-state index in [0.717, 1.165) is 19.6 Å². The molecule has 0 saturated heterocycles. The number of imidazole rings is 1. The molecule has 0 unspecified atom stereocenters. The molecule has 0 saturated carbocycles. The van der Waals surface area contributed by atoms with Crippen molar-refractivity contribution in [2.24, 2.45) is 0 Å². The van der Waals surface area contributed by atoms with Gasteiger partial charge in [-0.15, -0.1) is 0 Å². The Bertz CT molecular complexity index is 489. The highest BCUT2D eigenvalue weighted by molar-refractivity contribution is 5.30. The van der Waals surface area contributed by atoms with Crippen molar-refractivity contribution in [3.05, 3.63) is 53.6 Å². The van der Waals surface area contributed by atoms with Gasteiger partial charge in [0.1, 0.15) is 0 Å². The molecule has 2 aromatic rings. The van der Waals surface area contributed by atoms with Gasteiger partial charge >= 0.3 is 0 Å². The first-order valence-corrected chi connectivity index (χ1v) is 6.98. The Morgan fingerprint density at radius 1 is 1.21 bits per heavy atom. The Morgan fingerprint density at radius 3 is 2.89 bits per heavy atom. The zero-order chi connectivity index (χ0) is 13.5. The van der Waals surface area contributed by atoms with Crippen molar-refractivity contribution in [2.75, 3.05) is 6.54 Å². The largest absolute Gasteiger partial charge is 0.337 e. The average molecular weight is 257 g/mol. The minimum Gasteiger partial charge on any atom is -0.337 e. The molecular formula is C16H23N3. The lowest BCUT2D eigenvalue weighted by atomic mass is 10.1. The van der Waals surface area contributed by atoms with E-state index in [1.165, 1.54) is 29.5 Å². The van der Waals surface area contributed by atoms with E-state index in [-0.39, 0.29) is 0 Å². The van der Waals surface area contributed by atoms with E-state index >= 15 is 0 Å². The van der Waals surface area contributed by atoms with Gasteiger partial charge in [-0.25, -0.2) is 4.98 Å². The molecule has 1 aromatic carbocycles. The predicted octanol–water partition coefficient (Wildman–Crippen LogP) is 3.07. The van der Waals surface area contributed by atoms with Gasteiger partial charge in [0, 0.05) is 25.5 Å². The van der Waals surface area contributed by atoms with E-state index in [1.807, 2.05) is 18.7 Å². The van der Waals surface area contributed by atoms with E-state index in [9.17, 15) is 0 Å². The lowest BCUT2D eigenvalue weighted by Gasteiger charge is -2.09. The first kappa shape index (κ1) is 13.8. The minimum atomic E-state index is 0.971. The number of hydrogen-bond donors (Lipinski definition) is 1. The third kappa shape index (κ3) is 4.52. The number of aryl methyl sites for hydroxylation is 3. The summed E-state index contributed by atoms with van der Waals surface area (Å²) in [6.45, 7) is 7.43. The summed E-state index contributed by atoms with van der Waals surface area (Å²) in [6, 6.07) is 6.64. The fourth-order valence-corrected chi connectivity index (χ4v) is 2.18. The Hall–Kier alpha value is -1.61. The van der Waals surface area contributed by atoms with Gasteiger partial charge in [0.05, 0.1) is 6.33 Å². The van der Waals surface area contributed by atoms with E-state index in [4.69, 9.17) is 0 Å². The molecular weight excluding hydrogens is 234 g/mol. The second kappa shape index (κ2) is 7.10. The summed E-state index contributed by atoms with van der Waals surface area (Å²) in [5.74, 6) is 0. The number of rotatable bonds is 7. The van der Waals surface area contributed by atoms with Crippen molar-refractivity contribution in [3.8, 4) is 0 Å². The van der Waals surface area contributed by atoms with Crippen LogP contribution in [0.25, 0.3) is 0 Å². The average Bonchev–Trinajstić information content (AvgIpc) is 2.90. The molecule has 3 heteroatoms. The maximum Gasteiger partial charge on any atom is 0.0945 e. The maximum atomic E-state index is 4.04. The highest BCUT2D eigenvalue weighted by Crippen LogP contribution is 2.10. The normalized spacial score (nSPS) is 10.8. The number of unbranched alkanes of at least 4 members (excludes halogenated alkanes) is 1. The molecule has 0 amide bonds. The molecule has 3 nitrogen and oxygen atoms in total. The molecule has 1 N–H and O–H groups in total. The van der Waals surface area contributed by atoms with E-state index in [0.29, 0.717) is 0 Å². The Kier molecular flexibility index (Phi) is 5.16. The first-order chi connectivity index (χ1) is 9.25. The molecule has 2 rings (SSSR count). The third-order valence-corrected chi connectivity index (χ3v) is 3.40. The third-order valence-electron chi connectivity index (χ3n) is 3.40. The lowest BCUT2D eigenvalue weighted by Crippen LogP contribution is -2.16. The molecule has 0 bridgehead atoms. The molecule has 1 heterocycles. The predicted molar refractivity (Wildman–Crippen MR) is 79.1 cm³/mol. The lowest BCUT2D eigenvalue weighted by molar-refractivity contribution is 0.567. The quantitative estimate of drug-likeness (QED) is 0.773. The summed E-state index contributed by atoms with van der Waals surface area (Å²) in [5, 5.41) is 3.52. The molecule has 0 spiro atoms. The Balaban J connectivity index is 1.62. The molecule has 1 aromatic heterocycles. The van der Waals surface area contributed by atoms with E-state index in [1.54, 1.807) is 0 Å². The number of benzene rings is 1. The summed E-state index contributed by atoms with van der Waals surface area (Å²) >= 11 is 0. The van der Waals surface area contributed by atoms with Crippen LogP contribution in [0.3, 0.4) is 0 Å². The van der Waals surface area contributed by atoms with Gasteiger partial charge in [0.25, 0.3) is 0 Å². The second-order valence-corrected chi connectivity index (χ2v) is 5.11. The van der Waals surface area contributed by atoms with Crippen LogP contribution in [0.1, 0.15) is 29.5 Å². The smallest absolute Gasteiger partial charge is 0.0945 e. The van der Waals surface area contributed by atoms with Gasteiger partial charge in [-0.3, -0.25) is 0 Å². The fraction of sp³-hybridized carbons (Fsp3) is 0.438. The highest BCUT2D eigenvalue weighted by atomic mass is 15.0. The van der Waals surface area contributed by atoms with Gasteiger partial charge in [-0.1, -0.05) is 23.8 Å². The molecule has 0 aliphatic rings. The van der Waals surface area contributed by atoms with Crippen LogP contribution in [0.4, 0.5) is 0 Å². The molecule has 0 aliphatic carbocycles. The van der Waals surface area contributed by atoms with Crippen molar-refractivity contribution >= 4 is 0 Å². The topological polar surface area (TPSA) is 29.9 Å². The van der Waals surface area contributed by atoms with Gasteiger partial charge in [0.2, 0.25) is 0 Å². The molecule has 0 fully saturated rings. The zero-order valence-electron chi connectivity index (χ0n) is 11.9. The van der Waals surface area contributed by atoms with Gasteiger partial charge < -0.3 is 9.88 Å². The van der Waals surface area contributed by atoms with Crippen molar-refractivity contribution in [1.29, 1.82) is 0 Å². The second-order valence-electron chi connectivity index (χ2n) is 5.11. The number of nitrogens with one attached hydrogen (secondary N) is 1. The summed E-state index contributed by atoms with van der Waals surface area (Å²) in [7, 11) is 0. The monoisotopic (exact) mass is 257 g/mol. The van der Waals surface area contributed by atoms with E-state index < -0.39 is 0 Å². The van der Waals surface area contributed by atoms with Crippen LogP contribution in [0, 0.1) is 13.8 Å². The summed E-state index contributed by atoms with van der Waals surface area (Å²) in [5.41, 5.74) is 4.12. The number of nitrogens with zero attached hydrogens (tertiary/aromatic N) is 2. The molecule has 0 radical (unpaired) electrons. The summed E-state index contributed by atoms with van der Waals surface area (Å²) in [6.07, 6.45) is 8.12. The maximum absolute atomic E-state index is 4.04. The minimum absolute atomic E-state index is 0.971. The van der Waals surface area contributed by atoms with Crippen LogP contribution >= 0.6 is 0 Å². The SMILES string of the molecule is Cc1ccc(C)c(CNCCCCn2ccnc2)c1. The van der Waals surface area contributed by atoms with Crippen LogP contribution in [-0.2, 0) is 13.1 Å². The zero-order valence-corrected chi connectivity index (χ0v) is 11.9. The Morgan fingerprint density at radius 2 is 2.11 bits per heavy atom. The van der Waals surface area contributed by atoms with Crippen LogP contribution < -0.4 is 5.32 Å². The standard InChI is InChI=1S/C16H23N3/c1-14-5-6-15(2)16(11-14)12-17-7-3-4-9-19-10-8-18-13-19/h5-6,8,10-11,13,17H,3-4,7,9,12H2,1-2H3. The number of hydrogen-bond acceptors (Lipinski definition) is 2. The van der Waals surface area contributed by atoms with Crippen LogP contribution in [0.2, 0.25) is 0 Å². The first-order valence-electron chi connectivity index (χ1n) is 6.98. The Labute approximate surface area is 115 Å². The summed E-state index contributed by atoms with van der Waals surface area (Å²) in [4.78, 5) is 4.04. The van der Waals surface area contributed by atoms with Crippen LogP contribution in [0.15, 0.2) is 36.9 Å². The van der Waals surface area contributed by atoms with Crippen molar-refractivity contribution in [1.82, 2.24) is 14.9 Å². The van der Waals surface area contributed by atoms with E-state index in [2.05, 4.69) is 46.9 Å². The summed E-state index contributed by atoms with van der Waals surface area (Å²) < 4.78 is 2.13. The van der Waals surface area contributed by atoms with Gasteiger partial charge in [-0.05, 0) is 44.4 Å². The van der Waals surface area contributed by atoms with Crippen molar-refractivity contribution in [2.45, 2.75) is 39.8 Å². The van der Waals surface area contributed by atoms with Gasteiger partial charge in [0.15, 0.2) is 0 Å². The number of aromatic nitrogens is 2.